The van der Waals surface area contributed by atoms with Gasteiger partial charge < -0.3 is 9.47 Å². The maximum absolute atomic E-state index is 7.12. The van der Waals surface area contributed by atoms with Crippen molar-refractivity contribution >= 4 is 21.5 Å². The molecule has 0 amide bonds. The highest BCUT2D eigenvalue weighted by molar-refractivity contribution is 6.08. The lowest BCUT2D eigenvalue weighted by atomic mass is 9.68. The molecule has 11 aromatic rings. The third-order valence-corrected chi connectivity index (χ3v) is 13.2. The summed E-state index contributed by atoms with van der Waals surface area (Å²) >= 11 is 0. The first kappa shape index (κ1) is 37.0. The van der Waals surface area contributed by atoms with E-state index in [1.165, 1.54) is 32.8 Å². The minimum atomic E-state index is -0.551. The minimum absolute atomic E-state index is 0.551. The molecule has 4 nitrogen and oxygen atoms in total. The second-order valence-electron chi connectivity index (χ2n) is 16.8. The molecule has 2 heterocycles. The third kappa shape index (κ3) is 5.85. The first-order valence-electron chi connectivity index (χ1n) is 22.0. The van der Waals surface area contributed by atoms with E-state index in [1.54, 1.807) is 0 Å². The lowest BCUT2D eigenvalue weighted by molar-refractivity contribution is 0.360. The Hall–Kier alpha value is -8.60. The molecule has 10 aromatic carbocycles. The van der Waals surface area contributed by atoms with E-state index in [0.717, 1.165) is 67.0 Å². The van der Waals surface area contributed by atoms with Crippen molar-refractivity contribution in [1.29, 1.82) is 0 Å². The molecular formula is C61H38N2O2. The van der Waals surface area contributed by atoms with Crippen molar-refractivity contribution in [2.75, 3.05) is 0 Å². The highest BCUT2D eigenvalue weighted by Gasteiger charge is 2.48. The van der Waals surface area contributed by atoms with Gasteiger partial charge in [0.15, 0.2) is 28.8 Å². The van der Waals surface area contributed by atoms with E-state index in [-0.39, 0.29) is 0 Å². The molecule has 0 fully saturated rings. The molecular weight excluding hydrogens is 793 g/mol. The zero-order valence-electron chi connectivity index (χ0n) is 35.2. The molecule has 0 radical (unpaired) electrons. The van der Waals surface area contributed by atoms with Crippen molar-refractivity contribution in [1.82, 2.24) is 9.97 Å². The summed E-state index contributed by atoms with van der Waals surface area (Å²) in [5, 5.41) is 4.81. The van der Waals surface area contributed by atoms with Gasteiger partial charge in [0.05, 0.1) is 16.8 Å². The number of ether oxygens (including phenoxy) is 2. The lowest BCUT2D eigenvalue weighted by Crippen LogP contribution is -2.28. The maximum Gasteiger partial charge on any atom is 0.178 e. The molecule has 1 aromatic heterocycles. The fourth-order valence-electron chi connectivity index (χ4n) is 10.3. The van der Waals surface area contributed by atoms with Crippen molar-refractivity contribution in [3.8, 4) is 79.2 Å². The zero-order valence-corrected chi connectivity index (χ0v) is 35.2. The van der Waals surface area contributed by atoms with Crippen LogP contribution in [0.15, 0.2) is 231 Å². The fourth-order valence-corrected chi connectivity index (χ4v) is 10.3. The third-order valence-electron chi connectivity index (χ3n) is 13.2. The van der Waals surface area contributed by atoms with Gasteiger partial charge >= 0.3 is 0 Å². The van der Waals surface area contributed by atoms with Gasteiger partial charge in [-0.3, -0.25) is 0 Å². The summed E-state index contributed by atoms with van der Waals surface area (Å²) in [4.78, 5) is 10.5. The number of hydrogen-bond acceptors (Lipinski definition) is 4. The number of hydrogen-bond donors (Lipinski definition) is 0. The molecule has 0 N–H and O–H groups in total. The maximum atomic E-state index is 7.12. The van der Waals surface area contributed by atoms with Crippen LogP contribution in [0.2, 0.25) is 0 Å². The van der Waals surface area contributed by atoms with Gasteiger partial charge in [0.1, 0.15) is 0 Å². The summed E-state index contributed by atoms with van der Waals surface area (Å²) in [6, 6.07) is 81.2. The molecule has 0 saturated carbocycles. The van der Waals surface area contributed by atoms with Crippen molar-refractivity contribution in [3.05, 3.63) is 253 Å². The van der Waals surface area contributed by atoms with Crippen LogP contribution >= 0.6 is 0 Å². The summed E-state index contributed by atoms with van der Waals surface area (Å²) in [5.74, 6) is 3.41. The molecule has 0 unspecified atom stereocenters. The molecule has 1 aliphatic heterocycles. The monoisotopic (exact) mass is 830 g/mol. The summed E-state index contributed by atoms with van der Waals surface area (Å²) in [6.07, 6.45) is 0. The number of aromatic nitrogens is 2. The summed E-state index contributed by atoms with van der Waals surface area (Å²) in [5.41, 5.74) is 13.1. The van der Waals surface area contributed by atoms with Crippen LogP contribution in [-0.4, -0.2) is 9.97 Å². The molecule has 304 valence electrons. The largest absolute Gasteiger partial charge is 0.449 e. The van der Waals surface area contributed by atoms with Gasteiger partial charge in [-0.2, -0.15) is 0 Å². The zero-order chi connectivity index (χ0) is 42.9. The smallest absolute Gasteiger partial charge is 0.178 e. The Balaban J connectivity index is 0.936. The van der Waals surface area contributed by atoms with E-state index in [0.29, 0.717) is 23.1 Å². The molecule has 13 rings (SSSR count). The SMILES string of the molecule is c1ccc(-c2cc(-c3ccccc3-c3ccc4c(c3)Oc3c(ccc5c3-c3ccccc3C5(c3ccccc3)c3ccccc3)O4)nc(-c3ccc4c(ccc5ccccc54)c3)n2)cc1. The van der Waals surface area contributed by atoms with Gasteiger partial charge in [0.25, 0.3) is 0 Å². The highest BCUT2D eigenvalue weighted by atomic mass is 16.6. The summed E-state index contributed by atoms with van der Waals surface area (Å²) < 4.78 is 13.9. The van der Waals surface area contributed by atoms with Crippen molar-refractivity contribution in [2.24, 2.45) is 0 Å². The molecule has 4 heteroatoms. The first-order valence-corrected chi connectivity index (χ1v) is 22.0. The van der Waals surface area contributed by atoms with Gasteiger partial charge in [-0.25, -0.2) is 9.97 Å². The van der Waals surface area contributed by atoms with E-state index in [2.05, 4.69) is 218 Å². The predicted octanol–water partition coefficient (Wildman–Crippen LogP) is 15.7. The van der Waals surface area contributed by atoms with Crippen molar-refractivity contribution in [3.63, 3.8) is 0 Å². The van der Waals surface area contributed by atoms with Gasteiger partial charge in [-0.1, -0.05) is 200 Å². The number of rotatable bonds is 6. The quantitative estimate of drug-likeness (QED) is 0.157. The van der Waals surface area contributed by atoms with E-state index in [1.807, 2.05) is 12.1 Å². The van der Waals surface area contributed by atoms with E-state index < -0.39 is 5.41 Å². The molecule has 0 atom stereocenters. The lowest BCUT2D eigenvalue weighted by Gasteiger charge is -2.34. The Kier molecular flexibility index (Phi) is 8.40. The van der Waals surface area contributed by atoms with Crippen LogP contribution in [0.4, 0.5) is 0 Å². The number of nitrogens with zero attached hydrogens (tertiary/aromatic N) is 2. The predicted molar refractivity (Wildman–Crippen MR) is 263 cm³/mol. The van der Waals surface area contributed by atoms with Gasteiger partial charge in [-0.05, 0) is 90.8 Å². The van der Waals surface area contributed by atoms with Gasteiger partial charge in [-0.15, -0.1) is 0 Å². The van der Waals surface area contributed by atoms with Crippen LogP contribution in [0.3, 0.4) is 0 Å². The Morgan fingerprint density at radius 1 is 0.338 bits per heavy atom. The van der Waals surface area contributed by atoms with Crippen molar-refractivity contribution in [2.45, 2.75) is 5.41 Å². The van der Waals surface area contributed by atoms with Crippen LogP contribution in [-0.2, 0) is 5.41 Å². The second kappa shape index (κ2) is 14.8. The molecule has 0 bridgehead atoms. The van der Waals surface area contributed by atoms with Gasteiger partial charge in [0, 0.05) is 22.3 Å². The molecule has 65 heavy (non-hydrogen) atoms. The number of benzene rings is 10. The van der Waals surface area contributed by atoms with Crippen LogP contribution < -0.4 is 9.47 Å². The summed E-state index contributed by atoms with van der Waals surface area (Å²) in [7, 11) is 0. The van der Waals surface area contributed by atoms with Crippen molar-refractivity contribution < 1.29 is 9.47 Å². The highest BCUT2D eigenvalue weighted by Crippen LogP contribution is 2.62. The molecule has 1 aliphatic carbocycles. The second-order valence-corrected chi connectivity index (χ2v) is 16.8. The average molecular weight is 831 g/mol. The Morgan fingerprint density at radius 2 is 0.954 bits per heavy atom. The van der Waals surface area contributed by atoms with E-state index in [4.69, 9.17) is 19.4 Å². The summed E-state index contributed by atoms with van der Waals surface area (Å²) in [6.45, 7) is 0. The topological polar surface area (TPSA) is 44.2 Å². The molecule has 0 spiro atoms. The number of fused-ring (bicyclic) bond motifs is 9. The Labute approximate surface area is 376 Å². The molecule has 2 aliphatic rings. The van der Waals surface area contributed by atoms with E-state index >= 15 is 0 Å². The van der Waals surface area contributed by atoms with Gasteiger partial charge in [0.2, 0.25) is 0 Å². The minimum Gasteiger partial charge on any atom is -0.449 e. The van der Waals surface area contributed by atoms with E-state index in [9.17, 15) is 0 Å². The standard InChI is InChI=1S/C61H38N2O2/c1-4-17-40(18-5-1)53-38-54(63-60(62-53)43-30-32-48-41(36-43)29-28-39-16-10-11-23-46(39)48)49-25-13-12-24-47(49)42-31-34-55-57(37-42)65-59-56(64-55)35-33-52-58(59)50-26-14-15-27-51(50)61(52,44-19-6-2-7-20-44)45-21-8-3-9-22-45/h1-38H. The van der Waals surface area contributed by atoms with Crippen LogP contribution in [0.25, 0.3) is 77.7 Å². The van der Waals surface area contributed by atoms with Crippen LogP contribution in [0.5, 0.6) is 23.0 Å². The Morgan fingerprint density at radius 3 is 1.75 bits per heavy atom. The molecule has 0 saturated heterocycles. The normalized spacial score (nSPS) is 13.0. The van der Waals surface area contributed by atoms with Crippen LogP contribution in [0, 0.1) is 0 Å². The first-order chi connectivity index (χ1) is 32.2. The van der Waals surface area contributed by atoms with Crippen LogP contribution in [0.1, 0.15) is 22.3 Å². The Bertz CT molecular complexity index is 3620. The average Bonchev–Trinajstić information content (AvgIpc) is 3.70. The fraction of sp³-hybridized carbons (Fsp3) is 0.0164.